The van der Waals surface area contributed by atoms with Crippen molar-refractivity contribution in [1.82, 2.24) is 0 Å². The maximum Gasteiger partial charge on any atom is 0.303 e. The number of aliphatic hydroxyl groups excluding tert-OH is 2. The fourth-order valence-corrected chi connectivity index (χ4v) is 4.16. The van der Waals surface area contributed by atoms with Crippen LogP contribution in [0, 0.1) is 0 Å². The van der Waals surface area contributed by atoms with Crippen LogP contribution in [0.3, 0.4) is 0 Å². The lowest BCUT2D eigenvalue weighted by Gasteiger charge is -2.47. The van der Waals surface area contributed by atoms with Crippen LogP contribution >= 0.6 is 0 Å². The molecule has 1 saturated carbocycles. The molecule has 0 aromatic heterocycles. The second-order valence-corrected chi connectivity index (χ2v) is 8.01. The standard InChI is InChI=1S/C18H25N9O10/c1-6(29)33-14-9(22-25-19)4-10(23-26-20)15(17(14)35-8(3)31)37-18-12(24-27-21)16(34-7(2)30)13(32)11(5-28)36-18/h9-18,28,32H,4-5H2,1-3H3/t9?,10?,11?,12?,13-,14?,15-,16?,17?,18-/m1/s1. The highest BCUT2D eigenvalue weighted by Gasteiger charge is 2.53. The molecular weight excluding hydrogens is 502 g/mol. The predicted octanol–water partition coefficient (Wildman–Crippen LogP) is 0.685. The van der Waals surface area contributed by atoms with Gasteiger partial charge in [-0.3, -0.25) is 14.4 Å². The fourth-order valence-electron chi connectivity index (χ4n) is 4.16. The molecule has 202 valence electrons. The van der Waals surface area contributed by atoms with E-state index in [9.17, 15) is 24.6 Å². The van der Waals surface area contributed by atoms with Gasteiger partial charge in [-0.25, -0.2) is 0 Å². The van der Waals surface area contributed by atoms with Crippen LogP contribution < -0.4 is 0 Å². The molecule has 0 amide bonds. The van der Waals surface area contributed by atoms with E-state index in [-0.39, 0.29) is 6.42 Å². The summed E-state index contributed by atoms with van der Waals surface area (Å²) in [4.78, 5) is 43.5. The van der Waals surface area contributed by atoms with Crippen molar-refractivity contribution in [2.24, 2.45) is 15.3 Å². The third-order valence-corrected chi connectivity index (χ3v) is 5.49. The summed E-state index contributed by atoms with van der Waals surface area (Å²) in [5.74, 6) is -2.54. The van der Waals surface area contributed by atoms with Gasteiger partial charge in [0.25, 0.3) is 0 Å². The minimum absolute atomic E-state index is 0.229. The maximum atomic E-state index is 11.9. The van der Waals surface area contributed by atoms with Gasteiger partial charge in [0.15, 0.2) is 12.4 Å². The third-order valence-electron chi connectivity index (χ3n) is 5.49. The Morgan fingerprint density at radius 3 is 1.81 bits per heavy atom. The van der Waals surface area contributed by atoms with E-state index in [1.54, 1.807) is 0 Å². The molecule has 0 radical (unpaired) electrons. The normalized spacial score (nSPS) is 34.9. The van der Waals surface area contributed by atoms with E-state index >= 15 is 0 Å². The molecule has 0 aromatic rings. The van der Waals surface area contributed by atoms with E-state index < -0.39 is 85.6 Å². The van der Waals surface area contributed by atoms with Crippen molar-refractivity contribution >= 4 is 17.9 Å². The predicted molar refractivity (Wildman–Crippen MR) is 117 cm³/mol. The Balaban J connectivity index is 2.59. The minimum Gasteiger partial charge on any atom is -0.459 e. The summed E-state index contributed by atoms with van der Waals surface area (Å²) in [5, 5.41) is 30.9. The van der Waals surface area contributed by atoms with E-state index in [4.69, 9.17) is 40.3 Å². The van der Waals surface area contributed by atoms with Crippen LogP contribution in [-0.4, -0.2) is 95.8 Å². The fraction of sp³-hybridized carbons (Fsp3) is 0.833. The SMILES string of the molecule is CC(=O)OC1C(N=[N+]=[N-])CC(N=[N+]=[N-])[C@@H](O[C@H]2OC(CO)[C@@H](O)C(OC(C)=O)C2N=[N+]=[N-])C1OC(C)=O. The molecule has 7 unspecified atom stereocenters. The van der Waals surface area contributed by atoms with E-state index in [0.717, 1.165) is 20.8 Å². The van der Waals surface area contributed by atoms with Crippen molar-refractivity contribution in [3.8, 4) is 0 Å². The van der Waals surface area contributed by atoms with Crippen molar-refractivity contribution in [3.05, 3.63) is 31.3 Å². The first-order chi connectivity index (χ1) is 17.6. The molecule has 1 heterocycles. The van der Waals surface area contributed by atoms with Crippen molar-refractivity contribution < 1.29 is 48.3 Å². The molecule has 2 N–H and O–H groups in total. The lowest BCUT2D eigenvalue weighted by molar-refractivity contribution is -0.296. The molecule has 1 aliphatic heterocycles. The molecule has 1 aliphatic carbocycles. The van der Waals surface area contributed by atoms with E-state index in [1.807, 2.05) is 0 Å². The molecular formula is C18H25N9O10. The number of esters is 3. The maximum absolute atomic E-state index is 11.9. The molecule has 10 atom stereocenters. The molecule has 1 saturated heterocycles. The van der Waals surface area contributed by atoms with Crippen LogP contribution in [0.15, 0.2) is 15.3 Å². The molecule has 0 spiro atoms. The summed E-state index contributed by atoms with van der Waals surface area (Å²) in [7, 11) is 0. The van der Waals surface area contributed by atoms with Crippen LogP contribution in [0.2, 0.25) is 0 Å². The number of ether oxygens (including phenoxy) is 5. The van der Waals surface area contributed by atoms with Crippen LogP contribution in [0.1, 0.15) is 27.2 Å². The zero-order chi connectivity index (χ0) is 27.7. The molecule has 2 rings (SSSR count). The Labute approximate surface area is 208 Å². The molecule has 2 fully saturated rings. The van der Waals surface area contributed by atoms with E-state index in [1.165, 1.54) is 0 Å². The second kappa shape index (κ2) is 13.5. The summed E-state index contributed by atoms with van der Waals surface area (Å²) < 4.78 is 27.2. The van der Waals surface area contributed by atoms with Crippen LogP contribution in [0.5, 0.6) is 0 Å². The minimum atomic E-state index is -1.66. The number of hydrogen-bond acceptors (Lipinski definition) is 13. The molecule has 37 heavy (non-hydrogen) atoms. The summed E-state index contributed by atoms with van der Waals surface area (Å²) in [5.41, 5.74) is 27.2. The van der Waals surface area contributed by atoms with Gasteiger partial charge in [0.05, 0.1) is 18.7 Å². The lowest BCUT2D eigenvalue weighted by atomic mass is 9.84. The number of aliphatic hydroxyl groups is 2. The van der Waals surface area contributed by atoms with Crippen LogP contribution in [0.4, 0.5) is 0 Å². The van der Waals surface area contributed by atoms with Crippen LogP contribution in [-0.2, 0) is 38.1 Å². The molecule has 2 aliphatic rings. The van der Waals surface area contributed by atoms with Gasteiger partial charge in [-0.15, -0.1) is 0 Å². The Morgan fingerprint density at radius 2 is 1.32 bits per heavy atom. The molecule has 19 nitrogen and oxygen atoms in total. The highest BCUT2D eigenvalue weighted by molar-refractivity contribution is 5.67. The monoisotopic (exact) mass is 527 g/mol. The largest absolute Gasteiger partial charge is 0.459 e. The van der Waals surface area contributed by atoms with Gasteiger partial charge in [-0.2, -0.15) is 0 Å². The zero-order valence-corrected chi connectivity index (χ0v) is 19.9. The average molecular weight is 527 g/mol. The van der Waals surface area contributed by atoms with E-state index in [2.05, 4.69) is 30.1 Å². The summed E-state index contributed by atoms with van der Waals surface area (Å²) in [6.45, 7) is 2.37. The van der Waals surface area contributed by atoms with Gasteiger partial charge in [0.2, 0.25) is 0 Å². The number of nitrogens with zero attached hydrogens (tertiary/aromatic N) is 9. The zero-order valence-electron chi connectivity index (χ0n) is 19.9. The van der Waals surface area contributed by atoms with E-state index in [0.29, 0.717) is 0 Å². The quantitative estimate of drug-likeness (QED) is 0.139. The van der Waals surface area contributed by atoms with Gasteiger partial charge in [-0.1, -0.05) is 15.3 Å². The highest BCUT2D eigenvalue weighted by Crippen LogP contribution is 2.36. The highest BCUT2D eigenvalue weighted by atomic mass is 16.7. The Bertz CT molecular complexity index is 1010. The van der Waals surface area contributed by atoms with Gasteiger partial charge in [-0.05, 0) is 23.0 Å². The van der Waals surface area contributed by atoms with Crippen molar-refractivity contribution in [1.29, 1.82) is 0 Å². The first-order valence-electron chi connectivity index (χ1n) is 10.8. The Morgan fingerprint density at radius 1 is 0.838 bits per heavy atom. The number of rotatable bonds is 9. The smallest absolute Gasteiger partial charge is 0.303 e. The lowest BCUT2D eigenvalue weighted by Crippen LogP contribution is -2.64. The van der Waals surface area contributed by atoms with Gasteiger partial charge in [0.1, 0.15) is 36.6 Å². The Hall–Kier alpha value is -3.82. The number of azide groups is 3. The Kier molecular flexibility index (Phi) is 10.7. The third kappa shape index (κ3) is 7.34. The molecule has 0 bridgehead atoms. The van der Waals surface area contributed by atoms with Crippen LogP contribution in [0.25, 0.3) is 31.3 Å². The summed E-state index contributed by atoms with van der Waals surface area (Å²) in [6.07, 6.45) is -10.8. The van der Waals surface area contributed by atoms with Gasteiger partial charge in [0, 0.05) is 35.5 Å². The van der Waals surface area contributed by atoms with Crippen molar-refractivity contribution in [2.75, 3.05) is 6.61 Å². The number of hydrogen-bond donors (Lipinski definition) is 2. The van der Waals surface area contributed by atoms with Crippen molar-refractivity contribution in [3.63, 3.8) is 0 Å². The van der Waals surface area contributed by atoms with Gasteiger partial charge < -0.3 is 33.9 Å². The summed E-state index contributed by atoms with van der Waals surface area (Å²) >= 11 is 0. The first kappa shape index (κ1) is 29.4. The summed E-state index contributed by atoms with van der Waals surface area (Å²) in [6, 6.07) is -3.88. The topological polar surface area (TPSA) is 284 Å². The average Bonchev–Trinajstić information content (AvgIpc) is 2.81. The molecule has 19 heteroatoms. The number of carbonyl (C=O) groups excluding carboxylic acids is 3. The first-order valence-corrected chi connectivity index (χ1v) is 10.8. The van der Waals surface area contributed by atoms with Gasteiger partial charge >= 0.3 is 17.9 Å². The second-order valence-electron chi connectivity index (χ2n) is 8.01. The number of carbonyl (C=O) groups is 3. The molecule has 0 aromatic carbocycles. The van der Waals surface area contributed by atoms with Crippen molar-refractivity contribution in [2.45, 2.75) is 88.2 Å².